The molecule has 2 aliphatic rings. The average Bonchev–Trinajstić information content (AvgIpc) is 3.07. The molecule has 2 heterocycles. The van der Waals surface area contributed by atoms with Crippen LogP contribution in [0.5, 0.6) is 0 Å². The lowest BCUT2D eigenvalue weighted by molar-refractivity contribution is 0.0370. The van der Waals surface area contributed by atoms with Gasteiger partial charge in [0.15, 0.2) is 5.13 Å². The molecule has 0 spiro atoms. The van der Waals surface area contributed by atoms with E-state index in [4.69, 9.17) is 16.3 Å². The first-order valence-electron chi connectivity index (χ1n) is 10.8. The highest BCUT2D eigenvalue weighted by molar-refractivity contribution is 7.18. The number of anilines is 1. The molecule has 1 saturated heterocycles. The molecule has 2 fully saturated rings. The first-order chi connectivity index (χ1) is 15.5. The number of ether oxygens (including phenoxy) is 1. The van der Waals surface area contributed by atoms with Crippen molar-refractivity contribution >= 4 is 44.7 Å². The van der Waals surface area contributed by atoms with E-state index in [0.29, 0.717) is 47.6 Å². The zero-order valence-corrected chi connectivity index (χ0v) is 19.0. The third kappa shape index (κ3) is 4.22. The van der Waals surface area contributed by atoms with Crippen LogP contribution in [0, 0.1) is 5.13 Å². The van der Waals surface area contributed by atoms with Crippen molar-refractivity contribution in [3.05, 3.63) is 52.1 Å². The van der Waals surface area contributed by atoms with E-state index in [-0.39, 0.29) is 16.8 Å². The smallest absolute Gasteiger partial charge is 0.337 e. The average molecular weight is 475 g/mol. The predicted molar refractivity (Wildman–Crippen MR) is 127 cm³/mol. The van der Waals surface area contributed by atoms with Gasteiger partial charge in [0.25, 0.3) is 0 Å². The second kappa shape index (κ2) is 8.98. The summed E-state index contributed by atoms with van der Waals surface area (Å²) in [5.41, 5.74) is 1.78. The van der Waals surface area contributed by atoms with E-state index in [1.165, 1.54) is 19.3 Å². The Labute approximate surface area is 194 Å². The molecule has 0 bridgehead atoms. The quantitative estimate of drug-likeness (QED) is 0.500. The van der Waals surface area contributed by atoms with E-state index in [2.05, 4.69) is 10.2 Å². The largest absolute Gasteiger partial charge is 0.478 e. The van der Waals surface area contributed by atoms with E-state index < -0.39 is 5.97 Å². The Morgan fingerprint density at radius 1 is 1.28 bits per heavy atom. The first kappa shape index (κ1) is 21.6. The lowest BCUT2D eigenvalue weighted by Gasteiger charge is -2.37. The van der Waals surface area contributed by atoms with Gasteiger partial charge in [-0.2, -0.15) is 4.39 Å². The SMILES string of the molecule is O=C(O)c1cc(-c2c(F)sc3cc(Cl)ccc23)ccc1N1CCO[C@H](CNC2CCC2)C1. The highest BCUT2D eigenvalue weighted by atomic mass is 35.5. The zero-order chi connectivity index (χ0) is 22.2. The summed E-state index contributed by atoms with van der Waals surface area (Å²) in [5.74, 6) is -1.03. The number of hydrogen-bond donors (Lipinski definition) is 2. The fraction of sp³-hybridized carbons (Fsp3) is 0.375. The fourth-order valence-electron chi connectivity index (χ4n) is 4.42. The van der Waals surface area contributed by atoms with Crippen molar-refractivity contribution in [1.29, 1.82) is 0 Å². The van der Waals surface area contributed by atoms with E-state index in [1.807, 2.05) is 0 Å². The standard InChI is InChI=1S/C24H24ClFN2O3S/c25-15-5-6-18-21(11-15)32-23(26)22(18)14-4-7-20(19(10-14)24(29)30)28-8-9-31-17(13-28)12-27-16-2-1-3-16/h4-7,10-11,16-17,27H,1-3,8-9,12-13H2,(H,29,30)/t17-/m1/s1. The van der Waals surface area contributed by atoms with Crippen molar-refractivity contribution in [3.8, 4) is 11.1 Å². The molecular formula is C24H24ClFN2O3S. The van der Waals surface area contributed by atoms with Gasteiger partial charge in [-0.25, -0.2) is 4.79 Å². The number of carbonyl (C=O) groups is 1. The number of nitrogens with zero attached hydrogens (tertiary/aromatic N) is 1. The third-order valence-corrected chi connectivity index (χ3v) is 7.52. The van der Waals surface area contributed by atoms with Gasteiger partial charge >= 0.3 is 5.97 Å². The first-order valence-corrected chi connectivity index (χ1v) is 12.0. The molecule has 1 aromatic heterocycles. The second-order valence-electron chi connectivity index (χ2n) is 8.40. The van der Waals surface area contributed by atoms with Crippen molar-refractivity contribution in [3.63, 3.8) is 0 Å². The van der Waals surface area contributed by atoms with E-state index in [0.717, 1.165) is 28.0 Å². The Bertz CT molecular complexity index is 1160. The molecule has 1 aliphatic heterocycles. The molecule has 0 unspecified atom stereocenters. The molecule has 1 atom stereocenters. The number of halogens is 2. The summed E-state index contributed by atoms with van der Waals surface area (Å²) >= 11 is 7.07. The highest BCUT2D eigenvalue weighted by Crippen LogP contribution is 2.40. The molecule has 0 radical (unpaired) electrons. The van der Waals surface area contributed by atoms with Crippen LogP contribution in [0.2, 0.25) is 5.02 Å². The molecule has 3 aromatic rings. The molecular weight excluding hydrogens is 451 g/mol. The number of morpholine rings is 1. The van der Waals surface area contributed by atoms with Crippen LogP contribution in [0.3, 0.4) is 0 Å². The van der Waals surface area contributed by atoms with Gasteiger partial charge in [0.1, 0.15) is 0 Å². The number of carboxylic acid groups (broad SMARTS) is 1. The van der Waals surface area contributed by atoms with Crippen molar-refractivity contribution in [2.75, 3.05) is 31.1 Å². The lowest BCUT2D eigenvalue weighted by Crippen LogP contribution is -2.49. The monoisotopic (exact) mass is 474 g/mol. The van der Waals surface area contributed by atoms with Crippen LogP contribution >= 0.6 is 22.9 Å². The highest BCUT2D eigenvalue weighted by Gasteiger charge is 2.26. The predicted octanol–water partition coefficient (Wildman–Crippen LogP) is 5.41. The van der Waals surface area contributed by atoms with Crippen molar-refractivity contribution in [1.82, 2.24) is 5.32 Å². The Morgan fingerprint density at radius 2 is 2.12 bits per heavy atom. The van der Waals surface area contributed by atoms with Gasteiger partial charge in [0.05, 0.1) is 24.0 Å². The summed E-state index contributed by atoms with van der Waals surface area (Å²) in [5, 5.41) is 14.4. The second-order valence-corrected chi connectivity index (χ2v) is 9.84. The maximum absolute atomic E-state index is 14.8. The van der Waals surface area contributed by atoms with Gasteiger partial charge in [-0.15, -0.1) is 11.3 Å². The molecule has 0 amide bonds. The van der Waals surface area contributed by atoms with Crippen LogP contribution in [-0.2, 0) is 4.74 Å². The van der Waals surface area contributed by atoms with Crippen LogP contribution in [0.15, 0.2) is 36.4 Å². The van der Waals surface area contributed by atoms with Gasteiger partial charge in [0, 0.05) is 46.3 Å². The van der Waals surface area contributed by atoms with E-state index >= 15 is 0 Å². The number of rotatable bonds is 6. The Balaban J connectivity index is 1.43. The van der Waals surface area contributed by atoms with Crippen molar-refractivity contribution < 1.29 is 19.0 Å². The molecule has 2 N–H and O–H groups in total. The molecule has 5 nitrogen and oxygen atoms in total. The summed E-state index contributed by atoms with van der Waals surface area (Å²) in [4.78, 5) is 14.2. The van der Waals surface area contributed by atoms with Crippen LogP contribution in [0.4, 0.5) is 10.1 Å². The number of benzene rings is 2. The normalized spacial score (nSPS) is 19.3. The third-order valence-electron chi connectivity index (χ3n) is 6.34. The van der Waals surface area contributed by atoms with Gasteiger partial charge < -0.3 is 20.1 Å². The molecule has 32 heavy (non-hydrogen) atoms. The Morgan fingerprint density at radius 3 is 2.88 bits per heavy atom. The summed E-state index contributed by atoms with van der Waals surface area (Å²) in [7, 11) is 0. The molecule has 1 saturated carbocycles. The molecule has 1 aliphatic carbocycles. The van der Waals surface area contributed by atoms with E-state index in [1.54, 1.807) is 36.4 Å². The maximum atomic E-state index is 14.8. The van der Waals surface area contributed by atoms with Crippen LogP contribution in [0.25, 0.3) is 21.2 Å². The summed E-state index contributed by atoms with van der Waals surface area (Å²) in [6.45, 7) is 2.54. The lowest BCUT2D eigenvalue weighted by atomic mass is 9.93. The van der Waals surface area contributed by atoms with Crippen LogP contribution in [-0.4, -0.2) is 49.5 Å². The minimum atomic E-state index is -1.03. The minimum Gasteiger partial charge on any atom is -0.478 e. The van der Waals surface area contributed by atoms with Gasteiger partial charge in [-0.3, -0.25) is 0 Å². The number of aromatic carboxylic acids is 1. The Hall–Kier alpha value is -2.19. The summed E-state index contributed by atoms with van der Waals surface area (Å²) < 4.78 is 21.5. The molecule has 2 aromatic carbocycles. The van der Waals surface area contributed by atoms with Crippen molar-refractivity contribution in [2.45, 2.75) is 31.4 Å². The van der Waals surface area contributed by atoms with Gasteiger partial charge in [-0.05, 0) is 42.7 Å². The fourth-order valence-corrected chi connectivity index (χ4v) is 5.65. The number of carboxylic acids is 1. The number of nitrogens with one attached hydrogen (secondary N) is 1. The van der Waals surface area contributed by atoms with Crippen LogP contribution in [0.1, 0.15) is 29.6 Å². The molecule has 8 heteroatoms. The zero-order valence-electron chi connectivity index (χ0n) is 17.4. The van der Waals surface area contributed by atoms with Crippen molar-refractivity contribution in [2.24, 2.45) is 0 Å². The number of thiophene rings is 1. The molecule has 5 rings (SSSR count). The number of fused-ring (bicyclic) bond motifs is 1. The van der Waals surface area contributed by atoms with Gasteiger partial charge in [-0.1, -0.05) is 30.2 Å². The van der Waals surface area contributed by atoms with Crippen LogP contribution < -0.4 is 10.2 Å². The van der Waals surface area contributed by atoms with E-state index in [9.17, 15) is 14.3 Å². The topological polar surface area (TPSA) is 61.8 Å². The van der Waals surface area contributed by atoms with Gasteiger partial charge in [0.2, 0.25) is 0 Å². The number of hydrogen-bond acceptors (Lipinski definition) is 5. The Kier molecular flexibility index (Phi) is 6.07. The summed E-state index contributed by atoms with van der Waals surface area (Å²) in [6, 6.07) is 11.0. The summed E-state index contributed by atoms with van der Waals surface area (Å²) in [6.07, 6.45) is 3.70. The maximum Gasteiger partial charge on any atom is 0.337 e. The minimum absolute atomic E-state index is 0.00804. The molecule has 168 valence electrons.